The van der Waals surface area contributed by atoms with Gasteiger partial charge >= 0.3 is 11.9 Å². The van der Waals surface area contributed by atoms with Gasteiger partial charge in [0, 0.05) is 45.9 Å². The van der Waals surface area contributed by atoms with Crippen molar-refractivity contribution in [3.8, 4) is 23.7 Å². The highest BCUT2D eigenvalue weighted by Gasteiger charge is 2.33. The maximum atomic E-state index is 12.9. The summed E-state index contributed by atoms with van der Waals surface area (Å²) in [5, 5.41) is 0.0332. The Balaban J connectivity index is 1.69. The number of hydrogen-bond donors (Lipinski definition) is 0. The predicted molar refractivity (Wildman–Crippen MR) is 197 cm³/mol. The molecule has 0 N–H and O–H groups in total. The van der Waals surface area contributed by atoms with Crippen LogP contribution in [0.5, 0.6) is 0 Å². The Bertz CT molecular complexity index is 1850. The second-order valence-electron chi connectivity index (χ2n) is 10.1. The van der Waals surface area contributed by atoms with E-state index >= 15 is 0 Å². The van der Waals surface area contributed by atoms with Gasteiger partial charge in [0.25, 0.3) is 0 Å². The van der Waals surface area contributed by atoms with Crippen LogP contribution in [0.15, 0.2) is 90.6 Å². The van der Waals surface area contributed by atoms with Gasteiger partial charge in [0.15, 0.2) is 10.2 Å². The van der Waals surface area contributed by atoms with Gasteiger partial charge in [0.1, 0.15) is 9.81 Å². The molecular weight excluding hydrogens is 681 g/mol. The van der Waals surface area contributed by atoms with Gasteiger partial charge in [0.2, 0.25) is 0 Å². The first kappa shape index (κ1) is 36.8. The van der Waals surface area contributed by atoms with Gasteiger partial charge in [-0.3, -0.25) is 9.59 Å². The van der Waals surface area contributed by atoms with Crippen molar-refractivity contribution in [3.05, 3.63) is 109 Å². The molecule has 1 heterocycles. The van der Waals surface area contributed by atoms with Crippen molar-refractivity contribution in [3.63, 3.8) is 0 Å². The third-order valence-electron chi connectivity index (χ3n) is 6.11. The number of rotatable bonds is 9. The van der Waals surface area contributed by atoms with Gasteiger partial charge in [-0.25, -0.2) is 9.59 Å². The smallest absolute Gasteiger partial charge is 0.346 e. The largest absolute Gasteiger partial charge is 0.462 e. The second kappa shape index (κ2) is 18.5. The monoisotopic (exact) mass is 712 g/mol. The summed E-state index contributed by atoms with van der Waals surface area (Å²) in [6, 6.07) is 20.6. The first-order chi connectivity index (χ1) is 23.1. The van der Waals surface area contributed by atoms with Crippen LogP contribution in [0, 0.1) is 23.7 Å². The molecule has 0 amide bonds. The highest BCUT2D eigenvalue weighted by molar-refractivity contribution is 8.29. The summed E-state index contributed by atoms with van der Waals surface area (Å²) in [4.78, 5) is 50.8. The number of esters is 2. The molecule has 48 heavy (non-hydrogen) atoms. The topological polar surface area (TPSA) is 86.7 Å². The summed E-state index contributed by atoms with van der Waals surface area (Å²) >= 11 is 4.68. The Kier molecular flexibility index (Phi) is 14.2. The maximum Gasteiger partial charge on any atom is 0.346 e. The van der Waals surface area contributed by atoms with Crippen molar-refractivity contribution >= 4 is 75.3 Å². The van der Waals surface area contributed by atoms with Crippen molar-refractivity contribution in [2.45, 2.75) is 50.3 Å². The number of thioether (sulfide) groups is 4. The van der Waals surface area contributed by atoms with Crippen LogP contribution >= 0.6 is 47.0 Å². The quantitative estimate of drug-likeness (QED) is 0.122. The van der Waals surface area contributed by atoms with Gasteiger partial charge in [-0.2, -0.15) is 0 Å². The van der Waals surface area contributed by atoms with Crippen LogP contribution < -0.4 is 0 Å². The van der Waals surface area contributed by atoms with Crippen LogP contribution in [-0.2, 0) is 28.7 Å². The van der Waals surface area contributed by atoms with E-state index in [0.29, 0.717) is 17.1 Å². The minimum Gasteiger partial charge on any atom is -0.462 e. The van der Waals surface area contributed by atoms with Crippen LogP contribution in [0.4, 0.5) is 0 Å². The molecule has 1 aliphatic heterocycles. The molecule has 0 aromatic heterocycles. The molecule has 0 unspecified atom stereocenters. The maximum absolute atomic E-state index is 12.9. The van der Waals surface area contributed by atoms with Crippen molar-refractivity contribution in [2.75, 3.05) is 13.2 Å². The summed E-state index contributed by atoms with van der Waals surface area (Å²) in [6.07, 6.45) is 3.20. The van der Waals surface area contributed by atoms with Crippen LogP contribution in [-0.4, -0.2) is 35.4 Å². The Hall–Kier alpha value is -4.06. The van der Waals surface area contributed by atoms with Crippen molar-refractivity contribution in [1.82, 2.24) is 0 Å². The lowest BCUT2D eigenvalue weighted by Crippen LogP contribution is -2.12. The van der Waals surface area contributed by atoms with Crippen molar-refractivity contribution < 1.29 is 28.7 Å². The average Bonchev–Trinajstić information content (AvgIpc) is 3.49. The molecule has 3 aromatic carbocycles. The fourth-order valence-corrected chi connectivity index (χ4v) is 7.53. The number of carbonyl (C=O) groups is 4. The minimum absolute atomic E-state index is 0.0133. The van der Waals surface area contributed by atoms with E-state index in [-0.39, 0.29) is 33.3 Å². The third-order valence-corrected chi connectivity index (χ3v) is 10.1. The van der Waals surface area contributed by atoms with E-state index in [1.54, 1.807) is 0 Å². The first-order valence-corrected chi connectivity index (χ1v) is 18.3. The van der Waals surface area contributed by atoms with E-state index in [9.17, 15) is 19.2 Å². The van der Waals surface area contributed by atoms with Gasteiger partial charge in [-0.15, -0.1) is 0 Å². The second-order valence-corrected chi connectivity index (χ2v) is 15.0. The molecule has 10 heteroatoms. The van der Waals surface area contributed by atoms with Crippen LogP contribution in [0.3, 0.4) is 0 Å². The lowest BCUT2D eigenvalue weighted by atomic mass is 10.0. The molecule has 0 spiro atoms. The Morgan fingerprint density at radius 3 is 1.54 bits per heavy atom. The summed E-state index contributed by atoms with van der Waals surface area (Å²) in [5.41, 5.74) is 3.80. The van der Waals surface area contributed by atoms with Gasteiger partial charge in [0.05, 0.1) is 17.5 Å². The molecule has 0 atom stereocenters. The van der Waals surface area contributed by atoms with E-state index in [0.717, 1.165) is 37.6 Å². The lowest BCUT2D eigenvalue weighted by Gasteiger charge is -2.05. The normalized spacial score (nSPS) is 12.0. The van der Waals surface area contributed by atoms with Crippen molar-refractivity contribution in [2.24, 2.45) is 0 Å². The molecule has 0 aliphatic carbocycles. The molecule has 0 fully saturated rings. The molecule has 0 saturated heterocycles. The summed E-state index contributed by atoms with van der Waals surface area (Å²) in [6.45, 7) is 7.36. The fourth-order valence-electron chi connectivity index (χ4n) is 3.99. The van der Waals surface area contributed by atoms with Crippen molar-refractivity contribution in [1.29, 1.82) is 0 Å². The zero-order valence-electron chi connectivity index (χ0n) is 26.8. The SMILES string of the molecule is CCCOC(=O)C1=C(C(=O)OCCC)SC(=Cc2cc(C#Cc3ccc(SC(C)=O)cc3)ccc2C#Cc2ccc(SC(C)=O)cc2)S1. The summed E-state index contributed by atoms with van der Waals surface area (Å²) in [7, 11) is 0. The Morgan fingerprint density at radius 1 is 0.646 bits per heavy atom. The molecule has 244 valence electrons. The average molecular weight is 713 g/mol. The van der Waals surface area contributed by atoms with Crippen LogP contribution in [0.1, 0.15) is 68.4 Å². The molecule has 1 aliphatic rings. The van der Waals surface area contributed by atoms with E-state index in [2.05, 4.69) is 23.7 Å². The molecule has 3 aromatic rings. The van der Waals surface area contributed by atoms with E-state index in [1.807, 2.05) is 86.7 Å². The Morgan fingerprint density at radius 2 is 1.08 bits per heavy atom. The predicted octanol–water partition coefficient (Wildman–Crippen LogP) is 8.66. The van der Waals surface area contributed by atoms with Gasteiger partial charge < -0.3 is 9.47 Å². The molecule has 0 radical (unpaired) electrons. The number of ether oxygens (including phenoxy) is 2. The number of hydrogen-bond acceptors (Lipinski definition) is 10. The molecule has 0 bridgehead atoms. The molecule has 0 saturated carbocycles. The van der Waals surface area contributed by atoms with Gasteiger partial charge in [-0.05, 0) is 91.2 Å². The van der Waals surface area contributed by atoms with E-state index in [4.69, 9.17) is 9.47 Å². The first-order valence-electron chi connectivity index (χ1n) is 15.1. The Labute approximate surface area is 298 Å². The van der Waals surface area contributed by atoms with E-state index < -0.39 is 11.9 Å². The minimum atomic E-state index is -0.556. The zero-order valence-corrected chi connectivity index (χ0v) is 30.1. The molecule has 6 nitrogen and oxygen atoms in total. The number of carbonyl (C=O) groups excluding carboxylic acids is 4. The number of benzene rings is 3. The van der Waals surface area contributed by atoms with Gasteiger partial charge in [-0.1, -0.05) is 84.6 Å². The zero-order chi connectivity index (χ0) is 34.5. The standard InChI is InChI=1S/C38H32O6S4/c1-5-21-43-37(41)35-36(38(42)44-22-6-2)48-34(47-35)24-31-23-29(8-7-27-11-17-32(18-12-27)45-25(3)39)10-16-30(31)15-9-28-13-19-33(20-14-28)46-26(4)40/h10-14,16-20,23-24H,5-6,21-22H2,1-4H3. The summed E-state index contributed by atoms with van der Waals surface area (Å²) in [5.74, 6) is 11.7. The summed E-state index contributed by atoms with van der Waals surface area (Å²) < 4.78 is 11.4. The fraction of sp³-hybridized carbons (Fsp3) is 0.211. The lowest BCUT2D eigenvalue weighted by molar-refractivity contribution is -0.141. The third kappa shape index (κ3) is 11.3. The highest BCUT2D eigenvalue weighted by Crippen LogP contribution is 2.51. The highest BCUT2D eigenvalue weighted by atomic mass is 32.2. The molecular formula is C38H32O6S4. The van der Waals surface area contributed by atoms with E-state index in [1.165, 1.54) is 60.9 Å². The van der Waals surface area contributed by atoms with Crippen LogP contribution in [0.2, 0.25) is 0 Å². The molecule has 4 rings (SSSR count). The van der Waals surface area contributed by atoms with Crippen LogP contribution in [0.25, 0.3) is 6.08 Å².